The third-order valence-electron chi connectivity index (χ3n) is 4.14. The van der Waals surface area contributed by atoms with E-state index in [9.17, 15) is 14.4 Å². The molecule has 1 amide bonds. The lowest BCUT2D eigenvalue weighted by atomic mass is 9.98. The fourth-order valence-corrected chi connectivity index (χ4v) is 2.85. The third-order valence-corrected chi connectivity index (χ3v) is 4.14. The van der Waals surface area contributed by atoms with E-state index in [0.29, 0.717) is 30.8 Å². The number of amides is 1. The van der Waals surface area contributed by atoms with Crippen molar-refractivity contribution >= 4 is 11.9 Å². The fraction of sp³-hybridized carbons (Fsp3) is 0.294. The van der Waals surface area contributed by atoms with Gasteiger partial charge in [-0.15, -0.1) is 0 Å². The molecule has 0 bridgehead atoms. The van der Waals surface area contributed by atoms with Crippen LogP contribution in [0.15, 0.2) is 41.3 Å². The zero-order valence-electron chi connectivity index (χ0n) is 12.9. The van der Waals surface area contributed by atoms with Crippen molar-refractivity contribution in [3.8, 4) is 11.4 Å². The molecular weight excluding hydrogens is 310 g/mol. The minimum Gasteiger partial charge on any atom is -0.481 e. The van der Waals surface area contributed by atoms with Gasteiger partial charge >= 0.3 is 5.97 Å². The highest BCUT2D eigenvalue weighted by Crippen LogP contribution is 2.18. The number of piperidine rings is 1. The van der Waals surface area contributed by atoms with E-state index < -0.39 is 23.4 Å². The van der Waals surface area contributed by atoms with Crippen LogP contribution in [0.2, 0.25) is 0 Å². The molecule has 0 spiro atoms. The SMILES string of the molecule is O=C(O)C1CCCN(C(=O)c2ccc(-c3ccccn3)[nH]c2=O)C1. The summed E-state index contributed by atoms with van der Waals surface area (Å²) in [4.78, 5) is 44.2. The number of aliphatic carboxylic acids is 1. The molecule has 7 nitrogen and oxygen atoms in total. The number of hydrogen-bond acceptors (Lipinski definition) is 4. The van der Waals surface area contributed by atoms with Crippen LogP contribution in [-0.4, -0.2) is 44.9 Å². The molecule has 2 aromatic rings. The van der Waals surface area contributed by atoms with E-state index in [0.717, 1.165) is 0 Å². The molecule has 2 N–H and O–H groups in total. The summed E-state index contributed by atoms with van der Waals surface area (Å²) < 4.78 is 0. The monoisotopic (exact) mass is 327 g/mol. The molecule has 0 radical (unpaired) electrons. The molecule has 1 aliphatic rings. The molecule has 1 fully saturated rings. The topological polar surface area (TPSA) is 103 Å². The van der Waals surface area contributed by atoms with Gasteiger partial charge in [-0.3, -0.25) is 19.4 Å². The van der Waals surface area contributed by atoms with E-state index in [-0.39, 0.29) is 12.1 Å². The van der Waals surface area contributed by atoms with Crippen LogP contribution in [-0.2, 0) is 4.79 Å². The largest absolute Gasteiger partial charge is 0.481 e. The summed E-state index contributed by atoms with van der Waals surface area (Å²) in [6, 6.07) is 8.44. The van der Waals surface area contributed by atoms with Crippen LogP contribution < -0.4 is 5.56 Å². The van der Waals surface area contributed by atoms with Gasteiger partial charge in [-0.1, -0.05) is 6.07 Å². The summed E-state index contributed by atoms with van der Waals surface area (Å²) in [7, 11) is 0. The molecule has 1 atom stereocenters. The Bertz CT molecular complexity index is 816. The summed E-state index contributed by atoms with van der Waals surface area (Å²) >= 11 is 0. The Labute approximate surface area is 138 Å². The Balaban J connectivity index is 1.83. The summed E-state index contributed by atoms with van der Waals surface area (Å²) in [5.41, 5.74) is 0.651. The van der Waals surface area contributed by atoms with Crippen LogP contribution >= 0.6 is 0 Å². The number of hydrogen-bond donors (Lipinski definition) is 2. The van der Waals surface area contributed by atoms with E-state index in [1.165, 1.54) is 11.0 Å². The Morgan fingerprint density at radius 1 is 1.25 bits per heavy atom. The zero-order chi connectivity index (χ0) is 17.1. The standard InChI is InChI=1S/C17H17N3O4/c21-15-12(6-7-14(19-15)13-5-1-2-8-18-13)16(22)20-9-3-4-11(10-20)17(23)24/h1-2,5-8,11H,3-4,9-10H2,(H,19,21)(H,23,24). The summed E-state index contributed by atoms with van der Waals surface area (Å²) in [5.74, 6) is -1.92. The van der Waals surface area contributed by atoms with Crippen LogP contribution in [0.5, 0.6) is 0 Å². The van der Waals surface area contributed by atoms with Crippen molar-refractivity contribution < 1.29 is 14.7 Å². The van der Waals surface area contributed by atoms with Gasteiger partial charge in [0.2, 0.25) is 0 Å². The van der Waals surface area contributed by atoms with Crippen molar-refractivity contribution in [1.29, 1.82) is 0 Å². The number of nitrogens with one attached hydrogen (secondary N) is 1. The predicted molar refractivity (Wildman–Crippen MR) is 86.6 cm³/mol. The lowest BCUT2D eigenvalue weighted by molar-refractivity contribution is -0.143. The molecule has 1 saturated heterocycles. The van der Waals surface area contributed by atoms with E-state index in [1.54, 1.807) is 30.5 Å². The fourth-order valence-electron chi connectivity index (χ4n) is 2.85. The Kier molecular flexibility index (Phi) is 4.41. The van der Waals surface area contributed by atoms with Crippen LogP contribution in [0.4, 0.5) is 0 Å². The number of carboxylic acid groups (broad SMARTS) is 1. The van der Waals surface area contributed by atoms with Crippen molar-refractivity contribution in [1.82, 2.24) is 14.9 Å². The quantitative estimate of drug-likeness (QED) is 0.886. The van der Waals surface area contributed by atoms with Crippen molar-refractivity contribution in [2.75, 3.05) is 13.1 Å². The maximum Gasteiger partial charge on any atom is 0.308 e. The van der Waals surface area contributed by atoms with Gasteiger partial charge in [0.05, 0.1) is 17.3 Å². The van der Waals surface area contributed by atoms with Gasteiger partial charge in [-0.05, 0) is 37.1 Å². The van der Waals surface area contributed by atoms with E-state index >= 15 is 0 Å². The molecule has 2 aromatic heterocycles. The summed E-state index contributed by atoms with van der Waals surface area (Å²) in [6.45, 7) is 0.597. The highest BCUT2D eigenvalue weighted by Gasteiger charge is 2.29. The van der Waals surface area contributed by atoms with Crippen molar-refractivity contribution in [2.24, 2.45) is 5.92 Å². The molecule has 1 unspecified atom stereocenters. The number of rotatable bonds is 3. The van der Waals surface area contributed by atoms with Crippen LogP contribution in [0.1, 0.15) is 23.2 Å². The highest BCUT2D eigenvalue weighted by molar-refractivity contribution is 5.94. The van der Waals surface area contributed by atoms with Crippen LogP contribution in [0, 0.1) is 5.92 Å². The van der Waals surface area contributed by atoms with Gasteiger partial charge in [0.1, 0.15) is 5.56 Å². The van der Waals surface area contributed by atoms with Gasteiger partial charge in [0.15, 0.2) is 0 Å². The molecule has 3 rings (SSSR count). The smallest absolute Gasteiger partial charge is 0.308 e. The van der Waals surface area contributed by atoms with Gasteiger partial charge in [-0.2, -0.15) is 0 Å². The number of aromatic amines is 1. The lowest BCUT2D eigenvalue weighted by Gasteiger charge is -2.30. The Morgan fingerprint density at radius 3 is 2.75 bits per heavy atom. The van der Waals surface area contributed by atoms with Gasteiger partial charge in [0, 0.05) is 19.3 Å². The van der Waals surface area contributed by atoms with Crippen molar-refractivity contribution in [2.45, 2.75) is 12.8 Å². The normalized spacial score (nSPS) is 17.5. The number of carbonyl (C=O) groups is 2. The van der Waals surface area contributed by atoms with E-state index in [2.05, 4.69) is 9.97 Å². The number of likely N-dealkylation sites (tertiary alicyclic amines) is 1. The predicted octanol–water partition coefficient (Wildman–Crippen LogP) is 1.37. The second-order valence-corrected chi connectivity index (χ2v) is 5.76. The number of carboxylic acids is 1. The molecule has 0 aliphatic carbocycles. The maximum atomic E-state index is 12.5. The van der Waals surface area contributed by atoms with Crippen LogP contribution in [0.25, 0.3) is 11.4 Å². The average molecular weight is 327 g/mol. The van der Waals surface area contributed by atoms with Gasteiger partial charge < -0.3 is 15.0 Å². The van der Waals surface area contributed by atoms with Crippen molar-refractivity contribution in [3.63, 3.8) is 0 Å². The molecule has 1 aliphatic heterocycles. The number of pyridine rings is 2. The Hall–Kier alpha value is -2.96. The summed E-state index contributed by atoms with van der Waals surface area (Å²) in [6.07, 6.45) is 2.78. The number of carbonyl (C=O) groups excluding carboxylic acids is 1. The first-order valence-corrected chi connectivity index (χ1v) is 7.73. The highest BCUT2D eigenvalue weighted by atomic mass is 16.4. The molecule has 7 heteroatoms. The first-order chi connectivity index (χ1) is 11.6. The second-order valence-electron chi connectivity index (χ2n) is 5.76. The van der Waals surface area contributed by atoms with Crippen LogP contribution in [0.3, 0.4) is 0 Å². The number of nitrogens with zero attached hydrogens (tertiary/aromatic N) is 2. The molecule has 124 valence electrons. The lowest BCUT2D eigenvalue weighted by Crippen LogP contribution is -2.43. The number of H-pyrrole nitrogens is 1. The average Bonchev–Trinajstić information content (AvgIpc) is 2.62. The summed E-state index contributed by atoms with van der Waals surface area (Å²) in [5, 5.41) is 9.11. The molecule has 0 saturated carbocycles. The molecular formula is C17H17N3O4. The first kappa shape index (κ1) is 15.9. The molecule has 3 heterocycles. The minimum atomic E-state index is -0.910. The first-order valence-electron chi connectivity index (χ1n) is 7.73. The molecule has 24 heavy (non-hydrogen) atoms. The molecule has 0 aromatic carbocycles. The minimum absolute atomic E-state index is 0.0146. The Morgan fingerprint density at radius 2 is 2.08 bits per heavy atom. The zero-order valence-corrected chi connectivity index (χ0v) is 12.9. The van der Waals surface area contributed by atoms with E-state index in [1.807, 2.05) is 0 Å². The third kappa shape index (κ3) is 3.19. The number of aromatic nitrogens is 2. The van der Waals surface area contributed by atoms with Crippen molar-refractivity contribution in [3.05, 3.63) is 52.4 Å². The van der Waals surface area contributed by atoms with Gasteiger partial charge in [0.25, 0.3) is 11.5 Å². The maximum absolute atomic E-state index is 12.5. The second kappa shape index (κ2) is 6.66. The van der Waals surface area contributed by atoms with Gasteiger partial charge in [-0.25, -0.2) is 0 Å². The van der Waals surface area contributed by atoms with E-state index in [4.69, 9.17) is 5.11 Å².